The van der Waals surface area contributed by atoms with Crippen molar-refractivity contribution in [2.24, 2.45) is 0 Å². The zero-order valence-corrected chi connectivity index (χ0v) is 25.1. The number of hydrogen-bond donors (Lipinski definition) is 2. The first kappa shape index (κ1) is 27.3. The Bertz CT molecular complexity index is 1830. The van der Waals surface area contributed by atoms with E-state index in [9.17, 15) is 9.90 Å². The number of benzene rings is 1. The highest BCUT2D eigenvalue weighted by Crippen LogP contribution is 2.45. The van der Waals surface area contributed by atoms with E-state index in [1.54, 1.807) is 23.0 Å². The van der Waals surface area contributed by atoms with E-state index in [4.69, 9.17) is 21.6 Å². The quantitative estimate of drug-likeness (QED) is 0.302. The van der Waals surface area contributed by atoms with E-state index in [0.29, 0.717) is 52.8 Å². The van der Waals surface area contributed by atoms with Crippen LogP contribution in [0.1, 0.15) is 67.5 Å². The summed E-state index contributed by atoms with van der Waals surface area (Å²) < 4.78 is 3.20. The van der Waals surface area contributed by atoms with Gasteiger partial charge in [0.1, 0.15) is 11.0 Å². The fraction of sp³-hybridized carbons (Fsp3) is 0.438. The molecule has 0 bridgehead atoms. The van der Waals surface area contributed by atoms with Crippen molar-refractivity contribution in [2.75, 3.05) is 18.9 Å². The first-order valence-corrected chi connectivity index (χ1v) is 15.2. The van der Waals surface area contributed by atoms with Gasteiger partial charge in [0.25, 0.3) is 5.56 Å². The van der Waals surface area contributed by atoms with Gasteiger partial charge in [-0.3, -0.25) is 4.79 Å². The van der Waals surface area contributed by atoms with Crippen molar-refractivity contribution in [3.05, 3.63) is 80.4 Å². The molecule has 0 radical (unpaired) electrons. The largest absolute Gasteiger partial charge is 0.384 e. The summed E-state index contributed by atoms with van der Waals surface area (Å²) in [5.74, 6) is 0.811. The number of aliphatic hydroxyl groups is 1. The van der Waals surface area contributed by atoms with Gasteiger partial charge >= 0.3 is 0 Å². The average Bonchev–Trinajstić information content (AvgIpc) is 3.42. The van der Waals surface area contributed by atoms with E-state index in [0.717, 1.165) is 30.8 Å². The second-order valence-corrected chi connectivity index (χ2v) is 12.9. The van der Waals surface area contributed by atoms with Gasteiger partial charge < -0.3 is 15.3 Å². The number of halogens is 1. The highest BCUT2D eigenvalue weighted by atomic mass is 35.5. The standard InChI is InChI=1S/C32H36ClN7O2/c1-5-12-39-29(41)23-16-34-30(35-21-13-19-8-7-10-31(3)18-38(4)17-20(14-21)26(19)31)37-28(23)40(39)25-15-24(33)22-9-11-32(42,6-2)27(22)36-25/h5,13-16,42H,1,6-12,17-18H2,2-4H3,(H,34,35,37). The second kappa shape index (κ2) is 9.76. The van der Waals surface area contributed by atoms with Crippen molar-refractivity contribution < 1.29 is 5.11 Å². The lowest BCUT2D eigenvalue weighted by atomic mass is 9.67. The molecule has 0 spiro atoms. The molecule has 2 N–H and O–H groups in total. The number of nitrogens with one attached hydrogen (secondary N) is 1. The van der Waals surface area contributed by atoms with Crippen LogP contribution in [-0.2, 0) is 36.9 Å². The molecule has 10 heteroatoms. The number of aromatic nitrogens is 5. The fourth-order valence-electron chi connectivity index (χ4n) is 7.62. The van der Waals surface area contributed by atoms with Crippen LogP contribution in [0.3, 0.4) is 0 Å². The number of likely N-dealkylation sites (N-methyl/N-ethyl adjacent to an activating group) is 1. The predicted octanol–water partition coefficient (Wildman–Crippen LogP) is 5.14. The van der Waals surface area contributed by atoms with Crippen LogP contribution in [0.15, 0.2) is 41.8 Å². The van der Waals surface area contributed by atoms with Crippen LogP contribution in [-0.4, -0.2) is 47.9 Å². The summed E-state index contributed by atoms with van der Waals surface area (Å²) in [6.45, 7) is 10.4. The van der Waals surface area contributed by atoms with E-state index in [2.05, 4.69) is 47.9 Å². The molecule has 4 aromatic rings. The van der Waals surface area contributed by atoms with Crippen molar-refractivity contribution in [3.8, 4) is 5.82 Å². The molecular weight excluding hydrogens is 550 g/mol. The molecule has 4 heterocycles. The minimum atomic E-state index is -1.06. The third-order valence-corrected chi connectivity index (χ3v) is 9.80. The lowest BCUT2D eigenvalue weighted by Gasteiger charge is -2.45. The zero-order chi connectivity index (χ0) is 29.4. The zero-order valence-electron chi connectivity index (χ0n) is 24.4. The summed E-state index contributed by atoms with van der Waals surface area (Å²) in [4.78, 5) is 30.2. The monoisotopic (exact) mass is 585 g/mol. The van der Waals surface area contributed by atoms with E-state index < -0.39 is 5.60 Å². The van der Waals surface area contributed by atoms with Gasteiger partial charge in [-0.15, -0.1) is 6.58 Å². The topological polar surface area (TPSA) is 101 Å². The van der Waals surface area contributed by atoms with Crippen LogP contribution >= 0.6 is 11.6 Å². The third kappa shape index (κ3) is 4.12. The molecule has 7 rings (SSSR count). The van der Waals surface area contributed by atoms with Gasteiger partial charge in [0.15, 0.2) is 11.5 Å². The molecule has 42 heavy (non-hydrogen) atoms. The number of fused-ring (bicyclic) bond motifs is 2. The predicted molar refractivity (Wildman–Crippen MR) is 165 cm³/mol. The number of anilines is 2. The maximum atomic E-state index is 13.5. The summed E-state index contributed by atoms with van der Waals surface area (Å²) in [5, 5.41) is 15.6. The van der Waals surface area contributed by atoms with E-state index in [1.807, 2.05) is 6.92 Å². The molecule has 2 unspecified atom stereocenters. The molecule has 0 fully saturated rings. The Labute approximate surface area is 249 Å². The molecule has 0 saturated carbocycles. The highest BCUT2D eigenvalue weighted by Gasteiger charge is 2.40. The normalized spacial score (nSPS) is 23.2. The van der Waals surface area contributed by atoms with Crippen LogP contribution < -0.4 is 10.9 Å². The molecule has 3 aromatic heterocycles. The van der Waals surface area contributed by atoms with Crippen molar-refractivity contribution >= 4 is 34.3 Å². The molecule has 0 amide bonds. The maximum absolute atomic E-state index is 13.5. The van der Waals surface area contributed by atoms with Crippen LogP contribution in [0.5, 0.6) is 0 Å². The minimum absolute atomic E-state index is 0.183. The highest BCUT2D eigenvalue weighted by molar-refractivity contribution is 6.31. The molecule has 2 atom stereocenters. The van der Waals surface area contributed by atoms with Gasteiger partial charge in [-0.2, -0.15) is 4.98 Å². The van der Waals surface area contributed by atoms with Crippen LogP contribution in [0.4, 0.5) is 11.6 Å². The van der Waals surface area contributed by atoms with Gasteiger partial charge in [0.2, 0.25) is 5.95 Å². The van der Waals surface area contributed by atoms with Crippen molar-refractivity contribution in [2.45, 2.75) is 76.5 Å². The third-order valence-electron chi connectivity index (χ3n) is 9.46. The Hall–Kier alpha value is -3.53. The smallest absolute Gasteiger partial charge is 0.278 e. The molecule has 9 nitrogen and oxygen atoms in total. The summed E-state index contributed by atoms with van der Waals surface area (Å²) in [7, 11) is 2.19. The van der Waals surface area contributed by atoms with Crippen LogP contribution in [0.25, 0.3) is 16.9 Å². The molecular formula is C32H36ClN7O2. The number of aryl methyl sites for hydroxylation is 1. The first-order chi connectivity index (χ1) is 20.1. The van der Waals surface area contributed by atoms with E-state index >= 15 is 0 Å². The number of pyridine rings is 1. The molecule has 3 aliphatic rings. The molecule has 1 aliphatic heterocycles. The number of hydrogen-bond acceptors (Lipinski definition) is 7. The SMILES string of the molecule is C=CCn1c(=O)c2cnc(Nc3cc4c5c(c3)CN(C)CC5(C)CCC4)nc2n1-c1cc(Cl)c2c(n1)C(O)(CC)CC2. The van der Waals surface area contributed by atoms with Crippen molar-refractivity contribution in [1.29, 1.82) is 0 Å². The lowest BCUT2D eigenvalue weighted by Crippen LogP contribution is -2.44. The van der Waals surface area contributed by atoms with E-state index in [-0.39, 0.29) is 17.5 Å². The van der Waals surface area contributed by atoms with E-state index in [1.165, 1.54) is 34.2 Å². The van der Waals surface area contributed by atoms with Gasteiger partial charge in [0, 0.05) is 41.5 Å². The Kier molecular flexibility index (Phi) is 6.34. The fourth-order valence-corrected chi connectivity index (χ4v) is 7.90. The Morgan fingerprint density at radius 2 is 2.00 bits per heavy atom. The second-order valence-electron chi connectivity index (χ2n) is 12.5. The average molecular weight is 586 g/mol. The molecule has 2 aliphatic carbocycles. The maximum Gasteiger partial charge on any atom is 0.278 e. The van der Waals surface area contributed by atoms with Crippen molar-refractivity contribution in [3.63, 3.8) is 0 Å². The minimum Gasteiger partial charge on any atom is -0.384 e. The molecule has 0 saturated heterocycles. The van der Waals surface area contributed by atoms with Crippen LogP contribution in [0.2, 0.25) is 5.02 Å². The number of allylic oxidation sites excluding steroid dienone is 1. The first-order valence-electron chi connectivity index (χ1n) is 14.8. The van der Waals surface area contributed by atoms with Gasteiger partial charge in [-0.1, -0.05) is 31.5 Å². The lowest BCUT2D eigenvalue weighted by molar-refractivity contribution is 0.0306. The summed E-state index contributed by atoms with van der Waals surface area (Å²) in [5.41, 5.74) is 5.91. The number of nitrogens with zero attached hydrogens (tertiary/aromatic N) is 6. The molecule has 218 valence electrons. The van der Waals surface area contributed by atoms with Crippen molar-refractivity contribution in [1.82, 2.24) is 29.2 Å². The Balaban J connectivity index is 1.35. The Morgan fingerprint density at radius 1 is 1.19 bits per heavy atom. The van der Waals surface area contributed by atoms with Crippen LogP contribution in [0, 0.1) is 0 Å². The van der Waals surface area contributed by atoms with Gasteiger partial charge in [-0.25, -0.2) is 19.3 Å². The van der Waals surface area contributed by atoms with Gasteiger partial charge in [0.05, 0.1) is 12.2 Å². The summed E-state index contributed by atoms with van der Waals surface area (Å²) in [6, 6.07) is 6.20. The summed E-state index contributed by atoms with van der Waals surface area (Å²) in [6.07, 6.45) is 8.41. The van der Waals surface area contributed by atoms with Gasteiger partial charge in [-0.05, 0) is 80.0 Å². The summed E-state index contributed by atoms with van der Waals surface area (Å²) >= 11 is 6.74. The number of rotatable bonds is 6. The Morgan fingerprint density at radius 3 is 2.79 bits per heavy atom. The molecule has 1 aromatic carbocycles.